The van der Waals surface area contributed by atoms with Crippen LogP contribution in [0, 0.1) is 18.6 Å². The van der Waals surface area contributed by atoms with E-state index in [1.807, 2.05) is 0 Å². The van der Waals surface area contributed by atoms with Crippen LogP contribution in [0.1, 0.15) is 23.0 Å². The smallest absolute Gasteiger partial charge is 0.280 e. The van der Waals surface area contributed by atoms with Gasteiger partial charge in [0.25, 0.3) is 5.91 Å². The number of hydrogen-bond donors (Lipinski definition) is 0. The number of anilines is 1. The number of fused-ring (bicyclic) bond motifs is 1. The Morgan fingerprint density at radius 1 is 1.38 bits per heavy atom. The third-order valence-corrected chi connectivity index (χ3v) is 3.26. The van der Waals surface area contributed by atoms with Crippen LogP contribution < -0.4 is 9.64 Å². The second kappa shape index (κ2) is 4.83. The predicted octanol–water partition coefficient (Wildman–Crippen LogP) is 2.69. The number of benzene rings is 1. The quantitative estimate of drug-likeness (QED) is 0.811. The Hall–Kier alpha value is -2.44. The molecule has 1 aliphatic rings. The van der Waals surface area contributed by atoms with Crippen molar-refractivity contribution < 1.29 is 22.8 Å². The van der Waals surface area contributed by atoms with Crippen molar-refractivity contribution in [2.75, 3.05) is 11.4 Å². The van der Waals surface area contributed by atoms with Gasteiger partial charge in [0.2, 0.25) is 0 Å². The lowest BCUT2D eigenvalue weighted by Gasteiger charge is -2.33. The van der Waals surface area contributed by atoms with Gasteiger partial charge in [-0.1, -0.05) is 5.16 Å². The van der Waals surface area contributed by atoms with E-state index in [1.54, 1.807) is 13.8 Å². The predicted molar refractivity (Wildman–Crippen MR) is 69.4 cm³/mol. The maximum atomic E-state index is 13.5. The lowest BCUT2D eigenvalue weighted by Crippen LogP contribution is -2.42. The van der Waals surface area contributed by atoms with Gasteiger partial charge in [-0.25, -0.2) is 8.78 Å². The van der Waals surface area contributed by atoms with E-state index >= 15 is 0 Å². The van der Waals surface area contributed by atoms with Crippen molar-refractivity contribution in [1.29, 1.82) is 0 Å². The van der Waals surface area contributed by atoms with E-state index in [2.05, 4.69) is 5.16 Å². The molecule has 2 aromatic rings. The molecule has 0 bridgehead atoms. The molecular weight excluding hydrogens is 282 g/mol. The number of aryl methyl sites for hydroxylation is 1. The van der Waals surface area contributed by atoms with Gasteiger partial charge in [-0.2, -0.15) is 0 Å². The molecule has 0 fully saturated rings. The third-order valence-electron chi connectivity index (χ3n) is 3.26. The number of rotatable bonds is 1. The van der Waals surface area contributed by atoms with Gasteiger partial charge in [-0.3, -0.25) is 9.69 Å². The Labute approximate surface area is 119 Å². The van der Waals surface area contributed by atoms with E-state index < -0.39 is 17.5 Å². The summed E-state index contributed by atoms with van der Waals surface area (Å²) in [6.45, 7) is 3.63. The first-order valence-electron chi connectivity index (χ1n) is 6.36. The molecule has 0 N–H and O–H groups in total. The standard InChI is InChI=1S/C14H12F2N2O3/c1-7-6-20-17-13(7)14(19)18-5-8(2)21-12-4-10(16)9(15)3-11(12)18/h3-4,6,8H,5H2,1-2H3. The van der Waals surface area contributed by atoms with Crippen molar-refractivity contribution in [2.45, 2.75) is 20.0 Å². The van der Waals surface area contributed by atoms with Crippen LogP contribution >= 0.6 is 0 Å². The number of halogens is 2. The molecule has 0 radical (unpaired) electrons. The minimum atomic E-state index is -1.04. The van der Waals surface area contributed by atoms with Gasteiger partial charge in [0, 0.05) is 17.7 Å². The second-order valence-corrected chi connectivity index (χ2v) is 4.92. The second-order valence-electron chi connectivity index (χ2n) is 4.92. The van der Waals surface area contributed by atoms with Crippen LogP contribution in [0.15, 0.2) is 22.9 Å². The Bertz CT molecular complexity index is 714. The Balaban J connectivity index is 2.07. The topological polar surface area (TPSA) is 55.6 Å². The molecule has 0 saturated heterocycles. The molecule has 3 rings (SSSR count). The molecule has 1 amide bonds. The monoisotopic (exact) mass is 294 g/mol. The van der Waals surface area contributed by atoms with E-state index in [0.717, 1.165) is 12.1 Å². The highest BCUT2D eigenvalue weighted by atomic mass is 19.2. The van der Waals surface area contributed by atoms with Crippen LogP contribution in [0.2, 0.25) is 0 Å². The molecule has 21 heavy (non-hydrogen) atoms. The lowest BCUT2D eigenvalue weighted by molar-refractivity contribution is 0.0951. The van der Waals surface area contributed by atoms with Crippen molar-refractivity contribution in [2.24, 2.45) is 0 Å². The number of aromatic nitrogens is 1. The average Bonchev–Trinajstić information content (AvgIpc) is 2.85. The fourth-order valence-corrected chi connectivity index (χ4v) is 2.25. The number of carbonyl (C=O) groups excluding carboxylic acids is 1. The summed E-state index contributed by atoms with van der Waals surface area (Å²) in [5, 5.41) is 3.65. The normalized spacial score (nSPS) is 17.3. The molecule has 1 aromatic carbocycles. The summed E-state index contributed by atoms with van der Waals surface area (Å²) in [6, 6.07) is 1.89. The molecule has 7 heteroatoms. The summed E-state index contributed by atoms with van der Waals surface area (Å²) < 4.78 is 37.0. The van der Waals surface area contributed by atoms with Crippen LogP contribution in [0.3, 0.4) is 0 Å². The maximum Gasteiger partial charge on any atom is 0.280 e. The van der Waals surface area contributed by atoms with Crippen LogP contribution in [-0.4, -0.2) is 23.7 Å². The Morgan fingerprint density at radius 2 is 2.10 bits per heavy atom. The summed E-state index contributed by atoms with van der Waals surface area (Å²) in [4.78, 5) is 13.8. The third kappa shape index (κ3) is 2.24. The molecule has 110 valence electrons. The maximum absolute atomic E-state index is 13.5. The molecule has 1 atom stereocenters. The van der Waals surface area contributed by atoms with Crippen LogP contribution in [0.4, 0.5) is 14.5 Å². The van der Waals surface area contributed by atoms with Gasteiger partial charge in [-0.15, -0.1) is 0 Å². The number of nitrogens with zero attached hydrogens (tertiary/aromatic N) is 2. The molecule has 1 aromatic heterocycles. The fourth-order valence-electron chi connectivity index (χ4n) is 2.25. The molecule has 5 nitrogen and oxygen atoms in total. The summed E-state index contributed by atoms with van der Waals surface area (Å²) in [5.74, 6) is -2.37. The van der Waals surface area contributed by atoms with E-state index in [9.17, 15) is 13.6 Å². The number of carbonyl (C=O) groups is 1. The molecule has 1 unspecified atom stereocenters. The van der Waals surface area contributed by atoms with Crippen LogP contribution in [0.5, 0.6) is 5.75 Å². The summed E-state index contributed by atoms with van der Waals surface area (Å²) in [5.41, 5.74) is 0.891. The van der Waals surface area contributed by atoms with E-state index in [1.165, 1.54) is 11.2 Å². The van der Waals surface area contributed by atoms with Gasteiger partial charge < -0.3 is 9.26 Å². The van der Waals surface area contributed by atoms with Gasteiger partial charge in [0.05, 0.1) is 12.2 Å². The SMILES string of the molecule is Cc1conc1C(=O)N1CC(C)Oc2cc(F)c(F)cc21. The highest BCUT2D eigenvalue weighted by Crippen LogP contribution is 2.36. The summed E-state index contributed by atoms with van der Waals surface area (Å²) in [6.07, 6.45) is 1.00. The zero-order valence-corrected chi connectivity index (χ0v) is 11.4. The first-order chi connectivity index (χ1) is 9.97. The molecular formula is C14H12F2N2O3. The highest BCUT2D eigenvalue weighted by Gasteiger charge is 2.31. The average molecular weight is 294 g/mol. The number of ether oxygens (including phenoxy) is 1. The zero-order chi connectivity index (χ0) is 15.1. The minimum absolute atomic E-state index is 0.127. The first kappa shape index (κ1) is 13.5. The summed E-state index contributed by atoms with van der Waals surface area (Å²) >= 11 is 0. The van der Waals surface area contributed by atoms with E-state index in [0.29, 0.717) is 5.56 Å². The van der Waals surface area contributed by atoms with Gasteiger partial charge in [-0.05, 0) is 13.8 Å². The zero-order valence-electron chi connectivity index (χ0n) is 11.4. The van der Waals surface area contributed by atoms with Crippen molar-refractivity contribution >= 4 is 11.6 Å². The largest absolute Gasteiger partial charge is 0.487 e. The minimum Gasteiger partial charge on any atom is -0.487 e. The molecule has 2 heterocycles. The van der Waals surface area contributed by atoms with Crippen molar-refractivity contribution in [3.8, 4) is 5.75 Å². The number of hydrogen-bond acceptors (Lipinski definition) is 4. The van der Waals surface area contributed by atoms with E-state index in [-0.39, 0.29) is 29.8 Å². The molecule has 0 aliphatic carbocycles. The molecule has 0 saturated carbocycles. The number of amides is 1. The lowest BCUT2D eigenvalue weighted by atomic mass is 10.1. The highest BCUT2D eigenvalue weighted by molar-refractivity contribution is 6.06. The van der Waals surface area contributed by atoms with Gasteiger partial charge >= 0.3 is 0 Å². The van der Waals surface area contributed by atoms with Crippen molar-refractivity contribution in [3.63, 3.8) is 0 Å². The Kier molecular flexibility index (Phi) is 3.12. The first-order valence-corrected chi connectivity index (χ1v) is 6.36. The molecule has 0 spiro atoms. The van der Waals surface area contributed by atoms with Gasteiger partial charge in [0.15, 0.2) is 17.3 Å². The Morgan fingerprint density at radius 3 is 2.76 bits per heavy atom. The fraction of sp³-hybridized carbons (Fsp3) is 0.286. The van der Waals surface area contributed by atoms with Gasteiger partial charge in [0.1, 0.15) is 18.1 Å². The van der Waals surface area contributed by atoms with Crippen LogP contribution in [-0.2, 0) is 0 Å². The summed E-state index contributed by atoms with van der Waals surface area (Å²) in [7, 11) is 0. The van der Waals surface area contributed by atoms with Crippen molar-refractivity contribution in [1.82, 2.24) is 5.16 Å². The molecule has 1 aliphatic heterocycles. The van der Waals surface area contributed by atoms with Crippen LogP contribution in [0.25, 0.3) is 0 Å². The van der Waals surface area contributed by atoms with E-state index in [4.69, 9.17) is 9.26 Å². The van der Waals surface area contributed by atoms with Crippen molar-refractivity contribution in [3.05, 3.63) is 41.3 Å².